The van der Waals surface area contributed by atoms with Crippen LogP contribution in [0.5, 0.6) is 5.75 Å². The number of esters is 1. The Bertz CT molecular complexity index is 779. The molecule has 0 aliphatic carbocycles. The second-order valence-corrected chi connectivity index (χ2v) is 5.11. The molecule has 0 atom stereocenters. The zero-order chi connectivity index (χ0) is 17.7. The number of amides is 1. The Balaban J connectivity index is 1.96. The maximum Gasteiger partial charge on any atom is 0.355 e. The molecule has 1 aromatic heterocycles. The molecule has 0 radical (unpaired) electrons. The second-order valence-electron chi connectivity index (χ2n) is 5.11. The van der Waals surface area contributed by atoms with Gasteiger partial charge in [-0.2, -0.15) is 0 Å². The molecule has 1 N–H and O–H groups in total. The molecule has 7 heteroatoms. The minimum atomic E-state index is -0.680. The number of para-hydroxylation sites is 2. The molecule has 1 heterocycles. The predicted molar refractivity (Wildman–Crippen MR) is 87.3 cm³/mol. The Labute approximate surface area is 139 Å². The number of methoxy groups -OCH3 is 1. The second kappa shape index (κ2) is 7.45. The minimum Gasteiger partial charge on any atom is -0.495 e. The lowest BCUT2D eigenvalue weighted by Gasteiger charge is -2.10. The lowest BCUT2D eigenvalue weighted by Crippen LogP contribution is -2.22. The van der Waals surface area contributed by atoms with E-state index in [2.05, 4.69) is 5.32 Å². The van der Waals surface area contributed by atoms with E-state index >= 15 is 0 Å². The monoisotopic (exact) mass is 330 g/mol. The van der Waals surface area contributed by atoms with Crippen LogP contribution in [0.25, 0.3) is 0 Å². The topological polar surface area (TPSA) is 86.6 Å². The van der Waals surface area contributed by atoms with Crippen molar-refractivity contribution in [2.45, 2.75) is 6.92 Å². The van der Waals surface area contributed by atoms with Crippen molar-refractivity contribution in [3.8, 4) is 5.75 Å². The highest BCUT2D eigenvalue weighted by Gasteiger charge is 2.17. The number of rotatable bonds is 6. The van der Waals surface area contributed by atoms with Gasteiger partial charge in [-0.15, -0.1) is 0 Å². The zero-order valence-electron chi connectivity index (χ0n) is 13.7. The van der Waals surface area contributed by atoms with Crippen LogP contribution >= 0.6 is 0 Å². The number of aryl methyl sites for hydroxylation is 1. The minimum absolute atomic E-state index is 0.154. The van der Waals surface area contributed by atoms with Crippen molar-refractivity contribution in [1.29, 1.82) is 0 Å². The van der Waals surface area contributed by atoms with Crippen molar-refractivity contribution in [2.24, 2.45) is 7.05 Å². The maximum absolute atomic E-state index is 12.0. The van der Waals surface area contributed by atoms with E-state index < -0.39 is 18.5 Å². The molecule has 0 aliphatic rings. The number of nitrogens with one attached hydrogen (secondary N) is 1. The van der Waals surface area contributed by atoms with Gasteiger partial charge in [-0.05, 0) is 25.1 Å². The van der Waals surface area contributed by atoms with Crippen LogP contribution in [0.1, 0.15) is 27.8 Å². The molecule has 0 saturated carbocycles. The van der Waals surface area contributed by atoms with E-state index in [1.807, 2.05) is 0 Å². The van der Waals surface area contributed by atoms with Crippen LogP contribution in [-0.4, -0.2) is 35.9 Å². The first-order valence-electron chi connectivity index (χ1n) is 7.19. The summed E-state index contributed by atoms with van der Waals surface area (Å²) in [6.07, 6.45) is 1.54. The first-order chi connectivity index (χ1) is 11.4. The van der Waals surface area contributed by atoms with Crippen LogP contribution in [0.3, 0.4) is 0 Å². The Morgan fingerprint density at radius 1 is 1.21 bits per heavy atom. The standard InChI is InChI=1S/C17H18N2O5/c1-11(20)12-8-14(19(2)9-12)17(22)24-10-16(21)18-13-6-4-5-7-15(13)23-3/h4-9H,10H2,1-3H3,(H,18,21). The van der Waals surface area contributed by atoms with Crippen LogP contribution in [0, 0.1) is 0 Å². The third-order valence-corrected chi connectivity index (χ3v) is 3.34. The van der Waals surface area contributed by atoms with Crippen LogP contribution < -0.4 is 10.1 Å². The summed E-state index contributed by atoms with van der Waals surface area (Å²) >= 11 is 0. The number of anilines is 1. The van der Waals surface area contributed by atoms with Crippen molar-refractivity contribution in [1.82, 2.24) is 4.57 Å². The van der Waals surface area contributed by atoms with Gasteiger partial charge in [0.05, 0.1) is 12.8 Å². The lowest BCUT2D eigenvalue weighted by molar-refractivity contribution is -0.119. The van der Waals surface area contributed by atoms with Gasteiger partial charge in [0.2, 0.25) is 0 Å². The van der Waals surface area contributed by atoms with E-state index in [0.717, 1.165) is 0 Å². The molecule has 1 amide bonds. The summed E-state index contributed by atoms with van der Waals surface area (Å²) in [6.45, 7) is 0.961. The molecule has 0 saturated heterocycles. The van der Waals surface area contributed by atoms with E-state index in [-0.39, 0.29) is 11.5 Å². The van der Waals surface area contributed by atoms with Crippen LogP contribution in [0.2, 0.25) is 0 Å². The molecule has 1 aromatic carbocycles. The fourth-order valence-corrected chi connectivity index (χ4v) is 2.10. The summed E-state index contributed by atoms with van der Waals surface area (Å²) in [5.41, 5.74) is 1.09. The van der Waals surface area contributed by atoms with Gasteiger partial charge in [-0.1, -0.05) is 12.1 Å². The quantitative estimate of drug-likeness (QED) is 0.647. The number of aromatic nitrogens is 1. The van der Waals surface area contributed by atoms with Gasteiger partial charge in [0.1, 0.15) is 11.4 Å². The summed E-state index contributed by atoms with van der Waals surface area (Å²) in [5.74, 6) is -0.821. The summed E-state index contributed by atoms with van der Waals surface area (Å²) < 4.78 is 11.6. The molecule has 126 valence electrons. The first kappa shape index (κ1) is 17.3. The summed E-state index contributed by atoms with van der Waals surface area (Å²) in [5, 5.41) is 2.60. The summed E-state index contributed by atoms with van der Waals surface area (Å²) in [6, 6.07) is 8.33. The first-order valence-corrected chi connectivity index (χ1v) is 7.19. The van der Waals surface area contributed by atoms with Gasteiger partial charge in [-0.25, -0.2) is 4.79 Å². The number of ketones is 1. The Hall–Kier alpha value is -3.09. The number of hydrogen-bond donors (Lipinski definition) is 1. The SMILES string of the molecule is COc1ccccc1NC(=O)COC(=O)c1cc(C(C)=O)cn1C. The average molecular weight is 330 g/mol. The van der Waals surface area contributed by atoms with Crippen LogP contribution in [-0.2, 0) is 16.6 Å². The largest absolute Gasteiger partial charge is 0.495 e. The van der Waals surface area contributed by atoms with Gasteiger partial charge >= 0.3 is 5.97 Å². The number of hydrogen-bond acceptors (Lipinski definition) is 5. The van der Waals surface area contributed by atoms with Gasteiger partial charge in [0.25, 0.3) is 5.91 Å². The molecule has 0 bridgehead atoms. The summed E-state index contributed by atoms with van der Waals surface area (Å²) in [7, 11) is 3.12. The van der Waals surface area contributed by atoms with Crippen LogP contribution in [0.15, 0.2) is 36.5 Å². The smallest absolute Gasteiger partial charge is 0.355 e. The van der Waals surface area contributed by atoms with Gasteiger partial charge < -0.3 is 19.4 Å². The Kier molecular flexibility index (Phi) is 5.36. The Morgan fingerprint density at radius 3 is 2.54 bits per heavy atom. The number of benzene rings is 1. The molecule has 0 unspecified atom stereocenters. The van der Waals surface area contributed by atoms with E-state index in [1.165, 1.54) is 30.9 Å². The highest BCUT2D eigenvalue weighted by molar-refractivity contribution is 5.99. The maximum atomic E-state index is 12.0. The Morgan fingerprint density at radius 2 is 1.92 bits per heavy atom. The van der Waals surface area contributed by atoms with E-state index in [1.54, 1.807) is 31.3 Å². The van der Waals surface area contributed by atoms with E-state index in [9.17, 15) is 14.4 Å². The predicted octanol–water partition coefficient (Wildman–Crippen LogP) is 2.03. The van der Waals surface area contributed by atoms with Crippen molar-refractivity contribution >= 4 is 23.3 Å². The fourth-order valence-electron chi connectivity index (χ4n) is 2.10. The van der Waals surface area contributed by atoms with Gasteiger partial charge in [0, 0.05) is 18.8 Å². The average Bonchev–Trinajstić information content (AvgIpc) is 2.95. The molecule has 24 heavy (non-hydrogen) atoms. The fraction of sp³-hybridized carbons (Fsp3) is 0.235. The highest BCUT2D eigenvalue weighted by Crippen LogP contribution is 2.22. The molecule has 2 aromatic rings. The zero-order valence-corrected chi connectivity index (χ0v) is 13.7. The van der Waals surface area contributed by atoms with E-state index in [0.29, 0.717) is 17.0 Å². The van der Waals surface area contributed by atoms with Crippen molar-refractivity contribution in [3.05, 3.63) is 47.8 Å². The van der Waals surface area contributed by atoms with Gasteiger partial charge in [-0.3, -0.25) is 9.59 Å². The summed E-state index contributed by atoms with van der Waals surface area (Å²) in [4.78, 5) is 35.3. The molecular weight excluding hydrogens is 312 g/mol. The number of carbonyl (C=O) groups is 3. The molecule has 0 fully saturated rings. The van der Waals surface area contributed by atoms with E-state index in [4.69, 9.17) is 9.47 Å². The highest BCUT2D eigenvalue weighted by atomic mass is 16.5. The van der Waals surface area contributed by atoms with Crippen molar-refractivity contribution in [2.75, 3.05) is 19.0 Å². The number of carbonyl (C=O) groups excluding carboxylic acids is 3. The molecule has 0 aliphatic heterocycles. The third kappa shape index (κ3) is 4.01. The molecular formula is C17H18N2O5. The molecule has 2 rings (SSSR count). The third-order valence-electron chi connectivity index (χ3n) is 3.34. The molecule has 0 spiro atoms. The van der Waals surface area contributed by atoms with Crippen LogP contribution in [0.4, 0.5) is 5.69 Å². The molecule has 7 nitrogen and oxygen atoms in total. The number of ether oxygens (including phenoxy) is 2. The normalized spacial score (nSPS) is 10.1. The number of Topliss-reactive ketones (excluding diaryl/α,β-unsaturated/α-hetero) is 1. The van der Waals surface area contributed by atoms with Crippen molar-refractivity contribution < 1.29 is 23.9 Å². The van der Waals surface area contributed by atoms with Crippen molar-refractivity contribution in [3.63, 3.8) is 0 Å². The lowest BCUT2D eigenvalue weighted by atomic mass is 10.2. The van der Waals surface area contributed by atoms with Gasteiger partial charge in [0.15, 0.2) is 12.4 Å². The number of nitrogens with zero attached hydrogens (tertiary/aromatic N) is 1.